The summed E-state index contributed by atoms with van der Waals surface area (Å²) in [6.45, 7) is 4.92. The van der Waals surface area contributed by atoms with E-state index >= 15 is 0 Å². The Hall–Kier alpha value is -0.340. The first-order valence-electron chi connectivity index (χ1n) is 9.18. The number of aliphatic hydroxyl groups excluding tert-OH is 1. The molecular formula is C19H32O2. The van der Waals surface area contributed by atoms with Gasteiger partial charge in [0, 0.05) is 0 Å². The topological polar surface area (TPSA) is 29.5 Å². The van der Waals surface area contributed by atoms with Crippen molar-refractivity contribution in [3.05, 3.63) is 12.7 Å². The fourth-order valence-corrected chi connectivity index (χ4v) is 4.86. The summed E-state index contributed by atoms with van der Waals surface area (Å²) in [4.78, 5) is 0. The number of rotatable bonds is 3. The molecule has 0 aromatic heterocycles. The smallest absolute Gasteiger partial charge is 0.0603 e. The maximum Gasteiger partial charge on any atom is 0.0603 e. The maximum atomic E-state index is 9.64. The van der Waals surface area contributed by atoms with Crippen molar-refractivity contribution in [1.82, 2.24) is 0 Å². The predicted molar refractivity (Wildman–Crippen MR) is 86.1 cm³/mol. The Balaban J connectivity index is 1.42. The van der Waals surface area contributed by atoms with E-state index in [0.29, 0.717) is 6.10 Å². The van der Waals surface area contributed by atoms with Gasteiger partial charge in [-0.3, -0.25) is 0 Å². The first kappa shape index (κ1) is 15.6. The molecule has 0 bridgehead atoms. The summed E-state index contributed by atoms with van der Waals surface area (Å²) in [5.41, 5.74) is 0. The molecule has 0 aromatic rings. The van der Waals surface area contributed by atoms with Gasteiger partial charge in [-0.25, -0.2) is 0 Å². The van der Waals surface area contributed by atoms with Crippen LogP contribution in [-0.4, -0.2) is 23.9 Å². The third-order valence-electron chi connectivity index (χ3n) is 6.43. The summed E-state index contributed by atoms with van der Waals surface area (Å²) in [7, 11) is 0. The molecule has 2 atom stereocenters. The molecular weight excluding hydrogens is 260 g/mol. The number of aliphatic hydroxyl groups is 1. The monoisotopic (exact) mass is 292 g/mol. The number of allylic oxidation sites excluding steroid dienone is 1. The number of ether oxygens (including phenoxy) is 1. The van der Waals surface area contributed by atoms with Crippen LogP contribution in [0.2, 0.25) is 0 Å². The fourth-order valence-electron chi connectivity index (χ4n) is 4.86. The second-order valence-corrected chi connectivity index (χ2v) is 7.69. The van der Waals surface area contributed by atoms with E-state index in [2.05, 4.69) is 12.7 Å². The first-order chi connectivity index (χ1) is 10.3. The molecule has 0 spiro atoms. The van der Waals surface area contributed by atoms with Gasteiger partial charge in [0.1, 0.15) is 0 Å². The summed E-state index contributed by atoms with van der Waals surface area (Å²) >= 11 is 0. The highest BCUT2D eigenvalue weighted by Crippen LogP contribution is 2.40. The van der Waals surface area contributed by atoms with Gasteiger partial charge in [0.2, 0.25) is 0 Å². The Labute approximate surface area is 130 Å². The molecule has 0 amide bonds. The van der Waals surface area contributed by atoms with E-state index in [1.165, 1.54) is 51.4 Å². The molecule has 2 aliphatic carbocycles. The molecule has 1 aliphatic heterocycles. The van der Waals surface area contributed by atoms with E-state index in [-0.39, 0.29) is 6.10 Å². The van der Waals surface area contributed by atoms with Crippen molar-refractivity contribution in [3.63, 3.8) is 0 Å². The molecule has 2 saturated carbocycles. The van der Waals surface area contributed by atoms with Gasteiger partial charge in [0.05, 0.1) is 18.8 Å². The van der Waals surface area contributed by atoms with Crippen LogP contribution in [0.15, 0.2) is 12.7 Å². The lowest BCUT2D eigenvalue weighted by molar-refractivity contribution is -0.0748. The van der Waals surface area contributed by atoms with Crippen LogP contribution in [0.5, 0.6) is 0 Å². The third kappa shape index (κ3) is 3.90. The quantitative estimate of drug-likeness (QED) is 0.785. The molecule has 2 unspecified atom stereocenters. The Morgan fingerprint density at radius 2 is 1.38 bits per heavy atom. The Kier molecular flexibility index (Phi) is 5.39. The number of hydrogen-bond donors (Lipinski definition) is 1. The lowest BCUT2D eigenvalue weighted by atomic mass is 9.73. The summed E-state index contributed by atoms with van der Waals surface area (Å²) in [5, 5.41) is 9.64. The zero-order chi connectivity index (χ0) is 14.7. The Bertz CT molecular complexity index is 316. The summed E-state index contributed by atoms with van der Waals surface area (Å²) in [6.07, 6.45) is 15.0. The molecule has 120 valence electrons. The lowest BCUT2D eigenvalue weighted by Crippen LogP contribution is -2.37. The average molecular weight is 292 g/mol. The standard InChI is InChI=1S/C19H32O2/c1-2-14-3-5-16(6-4-14)19-12-9-17(13-21-19)15-7-10-18(20)11-8-15/h2,14-20H,1,3-13H2. The minimum absolute atomic E-state index is 0.0291. The van der Waals surface area contributed by atoms with Crippen LogP contribution < -0.4 is 0 Å². The van der Waals surface area contributed by atoms with Crippen molar-refractivity contribution in [1.29, 1.82) is 0 Å². The third-order valence-corrected chi connectivity index (χ3v) is 6.43. The molecule has 3 aliphatic rings. The van der Waals surface area contributed by atoms with Crippen molar-refractivity contribution in [2.75, 3.05) is 6.61 Å². The molecule has 0 aromatic carbocycles. The van der Waals surface area contributed by atoms with Gasteiger partial charge in [-0.05, 0) is 87.9 Å². The van der Waals surface area contributed by atoms with Gasteiger partial charge in [-0.2, -0.15) is 0 Å². The molecule has 1 saturated heterocycles. The summed E-state index contributed by atoms with van der Waals surface area (Å²) in [5.74, 6) is 3.13. The van der Waals surface area contributed by atoms with Crippen LogP contribution in [-0.2, 0) is 4.74 Å². The molecule has 2 nitrogen and oxygen atoms in total. The molecule has 0 radical (unpaired) electrons. The zero-order valence-corrected chi connectivity index (χ0v) is 13.4. The SMILES string of the molecule is C=CC1CCC(C2CCC(C3CCC(O)CC3)CO2)CC1. The fraction of sp³-hybridized carbons (Fsp3) is 0.895. The average Bonchev–Trinajstić information content (AvgIpc) is 2.56. The van der Waals surface area contributed by atoms with Crippen molar-refractivity contribution < 1.29 is 9.84 Å². The van der Waals surface area contributed by atoms with Crippen molar-refractivity contribution in [2.24, 2.45) is 23.7 Å². The second-order valence-electron chi connectivity index (χ2n) is 7.69. The molecule has 3 rings (SSSR count). The van der Waals surface area contributed by atoms with Gasteiger partial charge < -0.3 is 9.84 Å². The Morgan fingerprint density at radius 3 is 1.95 bits per heavy atom. The minimum Gasteiger partial charge on any atom is -0.393 e. The van der Waals surface area contributed by atoms with E-state index in [1.807, 2.05) is 0 Å². The van der Waals surface area contributed by atoms with Gasteiger partial charge in [0.15, 0.2) is 0 Å². The van der Waals surface area contributed by atoms with Crippen LogP contribution in [0.4, 0.5) is 0 Å². The lowest BCUT2D eigenvalue weighted by Gasteiger charge is -2.40. The molecule has 21 heavy (non-hydrogen) atoms. The predicted octanol–water partition coefficient (Wildman–Crippen LogP) is 4.33. The van der Waals surface area contributed by atoms with Gasteiger partial charge >= 0.3 is 0 Å². The Morgan fingerprint density at radius 1 is 0.762 bits per heavy atom. The summed E-state index contributed by atoms with van der Waals surface area (Å²) < 4.78 is 6.29. The zero-order valence-electron chi connectivity index (χ0n) is 13.4. The minimum atomic E-state index is -0.0291. The van der Waals surface area contributed by atoms with E-state index in [9.17, 15) is 5.11 Å². The molecule has 1 heterocycles. The number of hydrogen-bond acceptors (Lipinski definition) is 2. The highest BCUT2D eigenvalue weighted by atomic mass is 16.5. The van der Waals surface area contributed by atoms with Crippen LogP contribution in [0.3, 0.4) is 0 Å². The highest BCUT2D eigenvalue weighted by Gasteiger charge is 2.34. The first-order valence-corrected chi connectivity index (χ1v) is 9.18. The van der Waals surface area contributed by atoms with Crippen molar-refractivity contribution >= 4 is 0 Å². The van der Waals surface area contributed by atoms with E-state index in [1.54, 1.807) is 0 Å². The molecule has 3 fully saturated rings. The largest absolute Gasteiger partial charge is 0.393 e. The normalized spacial score (nSPS) is 45.2. The van der Waals surface area contributed by atoms with Crippen molar-refractivity contribution in [2.45, 2.75) is 76.4 Å². The highest BCUT2D eigenvalue weighted by molar-refractivity contribution is 4.88. The molecule has 1 N–H and O–H groups in total. The van der Waals surface area contributed by atoms with Crippen LogP contribution in [0.1, 0.15) is 64.2 Å². The summed E-state index contributed by atoms with van der Waals surface area (Å²) in [6, 6.07) is 0. The van der Waals surface area contributed by atoms with E-state index in [0.717, 1.165) is 43.1 Å². The second kappa shape index (κ2) is 7.28. The van der Waals surface area contributed by atoms with Crippen molar-refractivity contribution in [3.8, 4) is 0 Å². The molecule has 2 heteroatoms. The van der Waals surface area contributed by atoms with Crippen LogP contribution in [0, 0.1) is 23.7 Å². The van der Waals surface area contributed by atoms with E-state index in [4.69, 9.17) is 4.74 Å². The maximum absolute atomic E-state index is 9.64. The van der Waals surface area contributed by atoms with Crippen LogP contribution >= 0.6 is 0 Å². The van der Waals surface area contributed by atoms with Gasteiger partial charge in [-0.1, -0.05) is 6.08 Å². The van der Waals surface area contributed by atoms with E-state index < -0.39 is 0 Å². The van der Waals surface area contributed by atoms with Crippen LogP contribution in [0.25, 0.3) is 0 Å². The van der Waals surface area contributed by atoms with Gasteiger partial charge in [-0.15, -0.1) is 6.58 Å². The van der Waals surface area contributed by atoms with Gasteiger partial charge in [0.25, 0.3) is 0 Å².